The van der Waals surface area contributed by atoms with Gasteiger partial charge in [0.05, 0.1) is 0 Å². The van der Waals surface area contributed by atoms with Gasteiger partial charge in [0, 0.05) is 31.0 Å². The summed E-state index contributed by atoms with van der Waals surface area (Å²) in [4.78, 5) is 11.7. The Morgan fingerprint density at radius 2 is 2.32 bits per heavy atom. The molecule has 0 aromatic carbocycles. The van der Waals surface area contributed by atoms with E-state index in [2.05, 4.69) is 23.0 Å². The average molecular weight is 260 g/mol. The van der Waals surface area contributed by atoms with Crippen LogP contribution in [0.1, 0.15) is 43.9 Å². The second kappa shape index (κ2) is 5.45. The maximum absolute atomic E-state index is 5.84. The van der Waals surface area contributed by atoms with Crippen LogP contribution in [0.3, 0.4) is 0 Å². The van der Waals surface area contributed by atoms with Gasteiger partial charge in [0.2, 0.25) is 5.95 Å². The third-order valence-electron chi connectivity index (χ3n) is 4.72. The Balaban J connectivity index is 1.82. The van der Waals surface area contributed by atoms with E-state index in [0.717, 1.165) is 31.3 Å². The first kappa shape index (κ1) is 12.9. The molecular weight excluding hydrogens is 236 g/mol. The average Bonchev–Trinajstić information content (AvgIpc) is 2.94. The van der Waals surface area contributed by atoms with E-state index < -0.39 is 0 Å². The number of aromatic nitrogens is 2. The van der Waals surface area contributed by atoms with Gasteiger partial charge in [0.15, 0.2) is 0 Å². The van der Waals surface area contributed by atoms with Crippen molar-refractivity contribution in [3.05, 3.63) is 17.5 Å². The van der Waals surface area contributed by atoms with E-state index >= 15 is 0 Å². The fourth-order valence-electron chi connectivity index (χ4n) is 3.40. The minimum Gasteiger partial charge on any atom is -0.337 e. The van der Waals surface area contributed by atoms with E-state index in [1.54, 1.807) is 0 Å². The molecule has 2 heterocycles. The number of nitrogens with two attached hydrogens (primary N) is 1. The molecule has 2 unspecified atom stereocenters. The Hall–Kier alpha value is -1.16. The lowest BCUT2D eigenvalue weighted by molar-refractivity contribution is 0.438. The molecule has 1 aromatic heterocycles. The fourth-order valence-corrected chi connectivity index (χ4v) is 3.40. The van der Waals surface area contributed by atoms with Gasteiger partial charge in [-0.1, -0.05) is 13.3 Å². The van der Waals surface area contributed by atoms with Crippen LogP contribution in [0.15, 0.2) is 6.20 Å². The van der Waals surface area contributed by atoms with Gasteiger partial charge in [-0.2, -0.15) is 0 Å². The number of anilines is 1. The molecule has 2 atom stereocenters. The fraction of sp³-hybridized carbons (Fsp3) is 0.733. The largest absolute Gasteiger partial charge is 0.337 e. The Bertz CT molecular complexity index is 446. The van der Waals surface area contributed by atoms with E-state index in [9.17, 15) is 0 Å². The van der Waals surface area contributed by atoms with Gasteiger partial charge < -0.3 is 10.6 Å². The molecular formula is C15H24N4. The molecule has 4 nitrogen and oxygen atoms in total. The molecule has 0 bridgehead atoms. The maximum Gasteiger partial charge on any atom is 0.225 e. The Morgan fingerprint density at radius 3 is 3.11 bits per heavy atom. The standard InChI is InChI=1S/C15H24N4/c1-2-11-5-6-14-12(8-11)10-17-15(18-14)19-7-3-4-13(19)9-16/h10-11,13H,2-9,16H2,1H3. The van der Waals surface area contributed by atoms with Gasteiger partial charge in [-0.25, -0.2) is 9.97 Å². The van der Waals surface area contributed by atoms with Crippen LogP contribution in [0.25, 0.3) is 0 Å². The molecule has 1 saturated heterocycles. The first-order chi connectivity index (χ1) is 9.31. The summed E-state index contributed by atoms with van der Waals surface area (Å²) in [5.74, 6) is 1.73. The Morgan fingerprint density at radius 1 is 1.42 bits per heavy atom. The summed E-state index contributed by atoms with van der Waals surface area (Å²) in [6, 6.07) is 0.435. The van der Waals surface area contributed by atoms with E-state index in [1.165, 1.54) is 36.9 Å². The smallest absolute Gasteiger partial charge is 0.225 e. The minimum atomic E-state index is 0.435. The van der Waals surface area contributed by atoms with Crippen molar-refractivity contribution in [1.82, 2.24) is 9.97 Å². The molecule has 19 heavy (non-hydrogen) atoms. The number of nitrogens with zero attached hydrogens (tertiary/aromatic N) is 3. The van der Waals surface area contributed by atoms with Crippen molar-refractivity contribution >= 4 is 5.95 Å². The van der Waals surface area contributed by atoms with Gasteiger partial charge >= 0.3 is 0 Å². The molecule has 1 aliphatic heterocycles. The van der Waals surface area contributed by atoms with Crippen LogP contribution < -0.4 is 10.6 Å². The van der Waals surface area contributed by atoms with Crippen LogP contribution in [-0.4, -0.2) is 29.1 Å². The lowest BCUT2D eigenvalue weighted by Crippen LogP contribution is -2.36. The van der Waals surface area contributed by atoms with E-state index in [0.29, 0.717) is 12.6 Å². The van der Waals surface area contributed by atoms with Crippen molar-refractivity contribution in [2.75, 3.05) is 18.0 Å². The number of hydrogen-bond acceptors (Lipinski definition) is 4. The molecule has 0 spiro atoms. The van der Waals surface area contributed by atoms with Crippen LogP contribution in [0.2, 0.25) is 0 Å². The summed E-state index contributed by atoms with van der Waals surface area (Å²) in [5, 5.41) is 0. The van der Waals surface area contributed by atoms with Gasteiger partial charge in [0.25, 0.3) is 0 Å². The second-order valence-electron chi connectivity index (χ2n) is 5.88. The minimum absolute atomic E-state index is 0.435. The molecule has 104 valence electrons. The summed E-state index contributed by atoms with van der Waals surface area (Å²) >= 11 is 0. The molecule has 4 heteroatoms. The lowest BCUT2D eigenvalue weighted by Gasteiger charge is -2.27. The Labute approximate surface area is 115 Å². The zero-order chi connectivity index (χ0) is 13.2. The number of hydrogen-bond donors (Lipinski definition) is 1. The number of rotatable bonds is 3. The molecule has 2 N–H and O–H groups in total. The van der Waals surface area contributed by atoms with Crippen molar-refractivity contribution < 1.29 is 0 Å². The highest BCUT2D eigenvalue weighted by molar-refractivity contribution is 5.37. The number of aryl methyl sites for hydroxylation is 1. The van der Waals surface area contributed by atoms with Crippen LogP contribution >= 0.6 is 0 Å². The zero-order valence-corrected chi connectivity index (χ0v) is 11.8. The Kier molecular flexibility index (Phi) is 3.69. The first-order valence-corrected chi connectivity index (χ1v) is 7.63. The molecule has 1 aliphatic carbocycles. The summed E-state index contributed by atoms with van der Waals surface area (Å²) < 4.78 is 0. The predicted molar refractivity (Wildman–Crippen MR) is 77.3 cm³/mol. The molecule has 1 fully saturated rings. The molecule has 3 rings (SSSR count). The second-order valence-corrected chi connectivity index (χ2v) is 5.88. The highest BCUT2D eigenvalue weighted by Crippen LogP contribution is 2.28. The van der Waals surface area contributed by atoms with Gasteiger partial charge in [-0.05, 0) is 43.6 Å². The van der Waals surface area contributed by atoms with Crippen LogP contribution in [-0.2, 0) is 12.8 Å². The molecule has 0 saturated carbocycles. The van der Waals surface area contributed by atoms with Gasteiger partial charge in [-0.3, -0.25) is 0 Å². The molecule has 1 aromatic rings. The normalized spacial score (nSPS) is 26.5. The van der Waals surface area contributed by atoms with Gasteiger partial charge in [-0.15, -0.1) is 0 Å². The van der Waals surface area contributed by atoms with Gasteiger partial charge in [0.1, 0.15) is 0 Å². The van der Waals surface area contributed by atoms with Crippen LogP contribution in [0.4, 0.5) is 5.95 Å². The highest BCUT2D eigenvalue weighted by Gasteiger charge is 2.27. The summed E-state index contributed by atoms with van der Waals surface area (Å²) in [6.45, 7) is 4.04. The van der Waals surface area contributed by atoms with Crippen LogP contribution in [0.5, 0.6) is 0 Å². The first-order valence-electron chi connectivity index (χ1n) is 7.63. The van der Waals surface area contributed by atoms with E-state index in [-0.39, 0.29) is 0 Å². The monoisotopic (exact) mass is 260 g/mol. The summed E-state index contributed by atoms with van der Waals surface area (Å²) in [6.07, 6.45) is 9.26. The third kappa shape index (κ3) is 2.46. The van der Waals surface area contributed by atoms with Crippen molar-refractivity contribution in [1.29, 1.82) is 0 Å². The quantitative estimate of drug-likeness (QED) is 0.902. The molecule has 0 amide bonds. The molecule has 0 radical (unpaired) electrons. The molecule has 2 aliphatic rings. The van der Waals surface area contributed by atoms with Crippen molar-refractivity contribution in [3.8, 4) is 0 Å². The SMILES string of the molecule is CCC1CCc2nc(N3CCCC3CN)ncc2C1. The van der Waals surface area contributed by atoms with Crippen molar-refractivity contribution in [3.63, 3.8) is 0 Å². The van der Waals surface area contributed by atoms with Crippen LogP contribution in [0, 0.1) is 5.92 Å². The zero-order valence-electron chi connectivity index (χ0n) is 11.8. The maximum atomic E-state index is 5.84. The van der Waals surface area contributed by atoms with Crippen molar-refractivity contribution in [2.45, 2.75) is 51.5 Å². The highest BCUT2D eigenvalue weighted by atomic mass is 15.3. The summed E-state index contributed by atoms with van der Waals surface area (Å²) in [7, 11) is 0. The van der Waals surface area contributed by atoms with E-state index in [4.69, 9.17) is 10.7 Å². The summed E-state index contributed by atoms with van der Waals surface area (Å²) in [5.41, 5.74) is 8.48. The third-order valence-corrected chi connectivity index (χ3v) is 4.72. The predicted octanol–water partition coefficient (Wildman–Crippen LogP) is 1.92. The van der Waals surface area contributed by atoms with Crippen molar-refractivity contribution in [2.24, 2.45) is 11.7 Å². The topological polar surface area (TPSA) is 55.0 Å². The van der Waals surface area contributed by atoms with E-state index in [1.807, 2.05) is 0 Å². The lowest BCUT2D eigenvalue weighted by atomic mass is 9.86. The number of fused-ring (bicyclic) bond motifs is 1.